The van der Waals surface area contributed by atoms with Gasteiger partial charge in [0.05, 0.1) is 25.3 Å². The summed E-state index contributed by atoms with van der Waals surface area (Å²) < 4.78 is 7.71. The van der Waals surface area contributed by atoms with Crippen LogP contribution >= 0.6 is 0 Å². The van der Waals surface area contributed by atoms with Gasteiger partial charge in [0.15, 0.2) is 0 Å². The zero-order valence-electron chi connectivity index (χ0n) is 16.5. The van der Waals surface area contributed by atoms with Crippen LogP contribution in [0.1, 0.15) is 17.2 Å². The van der Waals surface area contributed by atoms with Gasteiger partial charge in [-0.1, -0.05) is 30.3 Å². The summed E-state index contributed by atoms with van der Waals surface area (Å²) in [5, 5.41) is 15.5. The second-order valence-corrected chi connectivity index (χ2v) is 7.41. The lowest BCUT2D eigenvalue weighted by molar-refractivity contribution is 0.159. The van der Waals surface area contributed by atoms with Gasteiger partial charge in [-0.25, -0.2) is 0 Å². The topological polar surface area (TPSA) is 47.3 Å². The molecule has 0 aliphatic carbocycles. The Morgan fingerprint density at radius 2 is 1.83 bits per heavy atom. The molecule has 29 heavy (non-hydrogen) atoms. The van der Waals surface area contributed by atoms with Crippen LogP contribution in [0, 0.1) is 6.92 Å². The maximum absolute atomic E-state index is 11.0. The molecule has 0 saturated carbocycles. The Morgan fingerprint density at radius 1 is 1.00 bits per heavy atom. The summed E-state index contributed by atoms with van der Waals surface area (Å²) in [5.41, 5.74) is 4.33. The highest BCUT2D eigenvalue weighted by Crippen LogP contribution is 2.37. The van der Waals surface area contributed by atoms with Gasteiger partial charge < -0.3 is 14.4 Å². The maximum atomic E-state index is 11.0. The predicted molar refractivity (Wildman–Crippen MR) is 117 cm³/mol. The first-order valence-corrected chi connectivity index (χ1v) is 9.73. The van der Waals surface area contributed by atoms with E-state index in [1.54, 1.807) is 7.11 Å². The number of methoxy groups -OCH3 is 1. The Kier molecular flexibility index (Phi) is 4.22. The van der Waals surface area contributed by atoms with Gasteiger partial charge in [-0.2, -0.15) is 0 Å². The molecule has 1 N–H and O–H groups in total. The van der Waals surface area contributed by atoms with Gasteiger partial charge in [0, 0.05) is 34.1 Å². The molecule has 2 heterocycles. The molecular formula is C25H22N2O2. The number of aliphatic hydroxyl groups excluding tert-OH is 1. The van der Waals surface area contributed by atoms with Crippen LogP contribution in [0.25, 0.3) is 32.6 Å². The summed E-state index contributed by atoms with van der Waals surface area (Å²) >= 11 is 0. The van der Waals surface area contributed by atoms with E-state index in [4.69, 9.17) is 4.74 Å². The number of hydrogen-bond acceptors (Lipinski definition) is 3. The van der Waals surface area contributed by atoms with Crippen molar-refractivity contribution >= 4 is 32.6 Å². The average Bonchev–Trinajstić information content (AvgIpc) is 3.07. The summed E-state index contributed by atoms with van der Waals surface area (Å²) in [6.45, 7) is 2.62. The number of hydrogen-bond donors (Lipinski definition) is 1. The van der Waals surface area contributed by atoms with E-state index >= 15 is 0 Å². The fraction of sp³-hybridized carbons (Fsp3) is 0.160. The molecule has 0 spiro atoms. The van der Waals surface area contributed by atoms with Crippen molar-refractivity contribution in [2.45, 2.75) is 19.6 Å². The molecule has 0 aliphatic rings. The third-order valence-electron chi connectivity index (χ3n) is 5.76. The monoisotopic (exact) mass is 382 g/mol. The van der Waals surface area contributed by atoms with Crippen LogP contribution in [0.3, 0.4) is 0 Å². The highest BCUT2D eigenvalue weighted by atomic mass is 16.5. The highest BCUT2D eigenvalue weighted by molar-refractivity contribution is 6.14. The van der Waals surface area contributed by atoms with Crippen LogP contribution in [0.4, 0.5) is 0 Å². The van der Waals surface area contributed by atoms with E-state index < -0.39 is 6.10 Å². The highest BCUT2D eigenvalue weighted by Gasteiger charge is 2.18. The minimum atomic E-state index is -0.593. The fourth-order valence-corrected chi connectivity index (χ4v) is 4.33. The Morgan fingerprint density at radius 3 is 2.62 bits per heavy atom. The van der Waals surface area contributed by atoms with Crippen LogP contribution < -0.4 is 4.74 Å². The maximum Gasteiger partial charge on any atom is 0.119 e. The van der Waals surface area contributed by atoms with Gasteiger partial charge in [-0.3, -0.25) is 4.98 Å². The van der Waals surface area contributed by atoms with Gasteiger partial charge in [-0.05, 0) is 53.8 Å². The predicted octanol–water partition coefficient (Wildman–Crippen LogP) is 5.39. The molecular weight excluding hydrogens is 360 g/mol. The van der Waals surface area contributed by atoms with E-state index in [-0.39, 0.29) is 0 Å². The Hall–Kier alpha value is -3.37. The van der Waals surface area contributed by atoms with Crippen LogP contribution in [0.15, 0.2) is 73.1 Å². The summed E-state index contributed by atoms with van der Waals surface area (Å²) in [5.74, 6) is 0.823. The molecule has 1 atom stereocenters. The Bertz CT molecular complexity index is 1340. The van der Waals surface area contributed by atoms with Gasteiger partial charge >= 0.3 is 0 Å². The van der Waals surface area contributed by atoms with E-state index in [2.05, 4.69) is 40.7 Å². The summed E-state index contributed by atoms with van der Waals surface area (Å²) in [6, 6.07) is 20.2. The molecule has 0 saturated heterocycles. The number of pyridine rings is 1. The van der Waals surface area contributed by atoms with Crippen molar-refractivity contribution in [1.82, 2.24) is 9.55 Å². The van der Waals surface area contributed by atoms with Crippen molar-refractivity contribution in [1.29, 1.82) is 0 Å². The summed E-state index contributed by atoms with van der Waals surface area (Å²) in [7, 11) is 1.68. The lowest BCUT2D eigenvalue weighted by atomic mass is 10.0. The van der Waals surface area contributed by atoms with E-state index in [1.165, 1.54) is 10.9 Å². The van der Waals surface area contributed by atoms with Crippen molar-refractivity contribution in [3.63, 3.8) is 0 Å². The molecule has 0 amide bonds. The Labute approximate surface area is 169 Å². The number of nitrogens with zero attached hydrogens (tertiary/aromatic N) is 2. The van der Waals surface area contributed by atoms with Gasteiger partial charge in [0.2, 0.25) is 0 Å². The van der Waals surface area contributed by atoms with E-state index in [9.17, 15) is 5.11 Å². The van der Waals surface area contributed by atoms with Crippen molar-refractivity contribution < 1.29 is 9.84 Å². The Balaban J connectivity index is 1.81. The number of ether oxygens (including phenoxy) is 1. The van der Waals surface area contributed by atoms with Crippen molar-refractivity contribution in [2.75, 3.05) is 7.11 Å². The fourth-order valence-electron chi connectivity index (χ4n) is 4.33. The van der Waals surface area contributed by atoms with Crippen molar-refractivity contribution in [2.24, 2.45) is 0 Å². The quantitative estimate of drug-likeness (QED) is 0.453. The smallest absolute Gasteiger partial charge is 0.119 e. The number of rotatable bonds is 4. The third kappa shape index (κ3) is 2.84. The van der Waals surface area contributed by atoms with E-state index in [1.807, 2.05) is 48.8 Å². The third-order valence-corrected chi connectivity index (χ3v) is 5.76. The lowest BCUT2D eigenvalue weighted by Crippen LogP contribution is -2.09. The summed E-state index contributed by atoms with van der Waals surface area (Å²) in [6.07, 6.45) is 3.14. The molecule has 0 aliphatic heterocycles. The molecule has 2 aromatic heterocycles. The molecule has 5 rings (SSSR count). The first-order valence-electron chi connectivity index (χ1n) is 9.73. The molecule has 4 heteroatoms. The number of fused-ring (bicyclic) bond motifs is 4. The minimum absolute atomic E-state index is 0.480. The zero-order chi connectivity index (χ0) is 20.0. The minimum Gasteiger partial charge on any atom is -0.497 e. The zero-order valence-corrected chi connectivity index (χ0v) is 16.5. The second kappa shape index (κ2) is 6.90. The number of benzene rings is 3. The van der Waals surface area contributed by atoms with Crippen LogP contribution in [0.5, 0.6) is 5.75 Å². The van der Waals surface area contributed by atoms with Crippen molar-refractivity contribution in [3.8, 4) is 5.75 Å². The molecule has 0 bridgehead atoms. The largest absolute Gasteiger partial charge is 0.497 e. The van der Waals surface area contributed by atoms with E-state index in [0.717, 1.165) is 38.5 Å². The van der Waals surface area contributed by atoms with Crippen LogP contribution in [0.2, 0.25) is 0 Å². The SMILES string of the molecule is COc1ccc2c(c1)c1cc3cnccc3c(C)c1n2CC(O)c1ccccc1. The molecule has 0 fully saturated rings. The second-order valence-electron chi connectivity index (χ2n) is 7.41. The number of aromatic nitrogens is 2. The van der Waals surface area contributed by atoms with Crippen LogP contribution in [-0.2, 0) is 6.54 Å². The summed E-state index contributed by atoms with van der Waals surface area (Å²) in [4.78, 5) is 4.30. The van der Waals surface area contributed by atoms with Gasteiger partial charge in [0.1, 0.15) is 5.75 Å². The van der Waals surface area contributed by atoms with Gasteiger partial charge in [0.25, 0.3) is 0 Å². The van der Waals surface area contributed by atoms with E-state index in [0.29, 0.717) is 6.54 Å². The molecule has 5 aromatic rings. The van der Waals surface area contributed by atoms with Gasteiger partial charge in [-0.15, -0.1) is 0 Å². The molecule has 1 unspecified atom stereocenters. The number of aryl methyl sites for hydroxylation is 1. The first kappa shape index (κ1) is 17.7. The number of aliphatic hydroxyl groups is 1. The van der Waals surface area contributed by atoms with Crippen LogP contribution in [-0.4, -0.2) is 21.8 Å². The normalized spacial score (nSPS) is 12.7. The first-order chi connectivity index (χ1) is 14.2. The van der Waals surface area contributed by atoms with Crippen molar-refractivity contribution in [3.05, 3.63) is 84.2 Å². The molecule has 3 aromatic carbocycles. The molecule has 4 nitrogen and oxygen atoms in total. The average molecular weight is 382 g/mol. The molecule has 144 valence electrons. The molecule has 0 radical (unpaired) electrons. The standard InChI is InChI=1S/C25H22N2O2/c1-16-20-10-11-26-14-18(20)12-22-21-13-19(29-2)8-9-23(21)27(25(16)22)15-24(28)17-6-4-3-5-7-17/h3-14,24,28H,15H2,1-2H3. The lowest BCUT2D eigenvalue weighted by Gasteiger charge is -2.16.